The summed E-state index contributed by atoms with van der Waals surface area (Å²) < 4.78 is 1.17. The van der Waals surface area contributed by atoms with Gasteiger partial charge >= 0.3 is 0 Å². The quantitative estimate of drug-likeness (QED) is 0.690. The Morgan fingerprint density at radius 1 is 1.28 bits per heavy atom. The lowest BCUT2D eigenvalue weighted by atomic mass is 10.3. The number of thiophene rings is 1. The summed E-state index contributed by atoms with van der Waals surface area (Å²) in [7, 11) is 1.89. The van der Waals surface area contributed by atoms with Gasteiger partial charge in [0.25, 0.3) is 5.91 Å². The van der Waals surface area contributed by atoms with Crippen molar-refractivity contribution < 1.29 is 9.69 Å². The number of amides is 1. The Kier molecular flexibility index (Phi) is 5.83. The van der Waals surface area contributed by atoms with Gasteiger partial charge < -0.3 is 9.80 Å². The van der Waals surface area contributed by atoms with Gasteiger partial charge in [-0.05, 0) is 37.4 Å². The summed E-state index contributed by atoms with van der Waals surface area (Å²) in [5, 5.41) is 3.08. The van der Waals surface area contributed by atoms with E-state index < -0.39 is 0 Å². The van der Waals surface area contributed by atoms with Gasteiger partial charge in [-0.25, -0.2) is 4.98 Å². The number of carbonyl (C=O) groups is 1. The number of para-hydroxylation sites is 1. The van der Waals surface area contributed by atoms with E-state index in [-0.39, 0.29) is 11.9 Å². The summed E-state index contributed by atoms with van der Waals surface area (Å²) in [6, 6.07) is 12.3. The summed E-state index contributed by atoms with van der Waals surface area (Å²) in [6.45, 7) is 6.55. The number of thiazole rings is 1. The van der Waals surface area contributed by atoms with Crippen LogP contribution in [0.3, 0.4) is 0 Å². The summed E-state index contributed by atoms with van der Waals surface area (Å²) in [4.78, 5) is 21.9. The molecule has 1 unspecified atom stereocenters. The van der Waals surface area contributed by atoms with Crippen LogP contribution in [0.25, 0.3) is 10.2 Å². The zero-order valence-electron chi connectivity index (χ0n) is 14.9. The Labute approximate surface area is 156 Å². The van der Waals surface area contributed by atoms with Gasteiger partial charge in [0.1, 0.15) is 11.6 Å². The first-order chi connectivity index (χ1) is 12.1. The van der Waals surface area contributed by atoms with Gasteiger partial charge in [-0.1, -0.05) is 18.2 Å². The van der Waals surface area contributed by atoms with E-state index in [1.165, 1.54) is 14.5 Å². The molecular formula is C19H24N3OS2+. The standard InChI is InChI=1S/C19H23N3OS2/c1-4-22(12-15-8-7-11-24-15)13-18(23)21(3)14(2)19-20-16-9-5-6-10-17(16)25-19/h5-11,14H,4,12-13H2,1-3H3/p+1/t14-/m0/s1. The first-order valence-electron chi connectivity index (χ1n) is 8.55. The van der Waals surface area contributed by atoms with Gasteiger partial charge in [0.05, 0.1) is 27.7 Å². The molecule has 2 heterocycles. The van der Waals surface area contributed by atoms with Crippen molar-refractivity contribution >= 4 is 38.8 Å². The number of nitrogens with one attached hydrogen (secondary N) is 1. The lowest BCUT2D eigenvalue weighted by Crippen LogP contribution is -3.11. The molecule has 0 radical (unpaired) electrons. The van der Waals surface area contributed by atoms with Gasteiger partial charge in [-0.3, -0.25) is 4.79 Å². The van der Waals surface area contributed by atoms with E-state index in [0.717, 1.165) is 23.6 Å². The van der Waals surface area contributed by atoms with E-state index in [1.807, 2.05) is 30.1 Å². The molecule has 1 aromatic carbocycles. The van der Waals surface area contributed by atoms with Crippen molar-refractivity contribution in [3.63, 3.8) is 0 Å². The molecule has 0 bridgehead atoms. The van der Waals surface area contributed by atoms with Crippen molar-refractivity contribution in [1.29, 1.82) is 0 Å². The fourth-order valence-electron chi connectivity index (χ4n) is 2.76. The van der Waals surface area contributed by atoms with Crippen molar-refractivity contribution in [2.24, 2.45) is 0 Å². The Morgan fingerprint density at radius 2 is 2.08 bits per heavy atom. The molecule has 0 spiro atoms. The molecule has 2 atom stereocenters. The highest BCUT2D eigenvalue weighted by molar-refractivity contribution is 7.18. The van der Waals surface area contributed by atoms with Crippen LogP contribution in [0.2, 0.25) is 0 Å². The molecule has 4 nitrogen and oxygen atoms in total. The largest absolute Gasteiger partial charge is 0.332 e. The predicted molar refractivity (Wildman–Crippen MR) is 105 cm³/mol. The molecule has 25 heavy (non-hydrogen) atoms. The SMILES string of the molecule is CC[NH+](CC(=O)N(C)[C@@H](C)c1nc2ccccc2s1)Cc1cccs1. The molecule has 0 fully saturated rings. The zero-order valence-corrected chi connectivity index (χ0v) is 16.5. The smallest absolute Gasteiger partial charge is 0.278 e. The predicted octanol–water partition coefficient (Wildman–Crippen LogP) is 2.98. The molecular weight excluding hydrogens is 350 g/mol. The van der Waals surface area contributed by atoms with E-state index in [1.54, 1.807) is 22.7 Å². The maximum atomic E-state index is 12.8. The summed E-state index contributed by atoms with van der Waals surface area (Å²) in [6.07, 6.45) is 0. The van der Waals surface area contributed by atoms with Gasteiger partial charge in [-0.2, -0.15) is 0 Å². The van der Waals surface area contributed by atoms with Crippen LogP contribution in [0.1, 0.15) is 29.8 Å². The summed E-state index contributed by atoms with van der Waals surface area (Å²) >= 11 is 3.42. The third-order valence-corrected chi connectivity index (χ3v) is 6.63. The molecule has 0 saturated heterocycles. The highest BCUT2D eigenvalue weighted by Crippen LogP contribution is 2.28. The first-order valence-corrected chi connectivity index (χ1v) is 10.2. The Morgan fingerprint density at radius 3 is 2.76 bits per heavy atom. The maximum Gasteiger partial charge on any atom is 0.278 e. The van der Waals surface area contributed by atoms with E-state index in [9.17, 15) is 4.79 Å². The second-order valence-electron chi connectivity index (χ2n) is 6.24. The molecule has 1 amide bonds. The fraction of sp³-hybridized carbons (Fsp3) is 0.368. The average molecular weight is 375 g/mol. The molecule has 0 saturated carbocycles. The van der Waals surface area contributed by atoms with E-state index in [2.05, 4.69) is 37.4 Å². The van der Waals surface area contributed by atoms with E-state index in [0.29, 0.717) is 6.54 Å². The molecule has 0 aliphatic heterocycles. The lowest BCUT2D eigenvalue weighted by molar-refractivity contribution is -0.904. The fourth-order valence-corrected chi connectivity index (χ4v) is 4.60. The topological polar surface area (TPSA) is 37.6 Å². The highest BCUT2D eigenvalue weighted by atomic mass is 32.1. The van der Waals surface area contributed by atoms with Crippen LogP contribution < -0.4 is 4.90 Å². The molecule has 6 heteroatoms. The van der Waals surface area contributed by atoms with E-state index in [4.69, 9.17) is 4.98 Å². The van der Waals surface area contributed by atoms with Crippen molar-refractivity contribution in [3.8, 4) is 0 Å². The molecule has 0 aliphatic rings. The van der Waals surface area contributed by atoms with E-state index >= 15 is 0 Å². The number of hydrogen-bond donors (Lipinski definition) is 1. The van der Waals surface area contributed by atoms with Gasteiger partial charge in [-0.15, -0.1) is 22.7 Å². The molecule has 3 rings (SSSR count). The number of hydrogen-bond acceptors (Lipinski definition) is 4. The molecule has 0 aliphatic carbocycles. The van der Waals surface area contributed by atoms with Crippen LogP contribution in [0.15, 0.2) is 41.8 Å². The van der Waals surface area contributed by atoms with Gasteiger partial charge in [0.15, 0.2) is 6.54 Å². The maximum absolute atomic E-state index is 12.8. The van der Waals surface area contributed by atoms with Crippen LogP contribution in [0.4, 0.5) is 0 Å². The summed E-state index contributed by atoms with van der Waals surface area (Å²) in [5.74, 6) is 0.167. The minimum Gasteiger partial charge on any atom is -0.332 e. The summed E-state index contributed by atoms with van der Waals surface area (Å²) in [5.41, 5.74) is 1.01. The Hall–Kier alpha value is -1.76. The van der Waals surface area contributed by atoms with Crippen LogP contribution in [0, 0.1) is 0 Å². The Bertz CT molecular complexity index is 795. The van der Waals surface area contributed by atoms with Crippen molar-refractivity contribution in [2.45, 2.75) is 26.4 Å². The number of likely N-dealkylation sites (N-methyl/N-ethyl adjacent to an activating group) is 2. The van der Waals surface area contributed by atoms with Crippen LogP contribution in [0.5, 0.6) is 0 Å². The number of nitrogens with zero attached hydrogens (tertiary/aromatic N) is 2. The molecule has 132 valence electrons. The molecule has 3 aromatic rings. The van der Waals surface area contributed by atoms with Crippen molar-refractivity contribution in [3.05, 3.63) is 51.7 Å². The minimum absolute atomic E-state index is 0.00950. The van der Waals surface area contributed by atoms with Crippen molar-refractivity contribution in [1.82, 2.24) is 9.88 Å². The number of quaternary nitrogens is 1. The van der Waals surface area contributed by atoms with Gasteiger partial charge in [0.2, 0.25) is 0 Å². The van der Waals surface area contributed by atoms with Crippen LogP contribution in [-0.2, 0) is 11.3 Å². The minimum atomic E-state index is -0.00950. The third-order valence-electron chi connectivity index (χ3n) is 4.55. The average Bonchev–Trinajstić information content (AvgIpc) is 3.28. The van der Waals surface area contributed by atoms with Crippen LogP contribution >= 0.6 is 22.7 Å². The zero-order chi connectivity index (χ0) is 17.8. The number of fused-ring (bicyclic) bond motifs is 1. The van der Waals surface area contributed by atoms with Crippen LogP contribution in [-0.4, -0.2) is 35.9 Å². The number of rotatable bonds is 7. The Balaban J connectivity index is 1.65. The number of benzene rings is 1. The number of carbonyl (C=O) groups excluding carboxylic acids is 1. The second kappa shape index (κ2) is 8.08. The monoisotopic (exact) mass is 374 g/mol. The third kappa shape index (κ3) is 4.26. The first kappa shape index (κ1) is 18.0. The lowest BCUT2D eigenvalue weighted by Gasteiger charge is -2.25. The second-order valence-corrected chi connectivity index (χ2v) is 8.33. The molecule has 1 N–H and O–H groups in total. The van der Waals surface area contributed by atoms with Gasteiger partial charge in [0, 0.05) is 7.05 Å². The molecule has 2 aromatic heterocycles. The normalized spacial score (nSPS) is 13.7. The van der Waals surface area contributed by atoms with Crippen molar-refractivity contribution in [2.75, 3.05) is 20.1 Å². The highest BCUT2D eigenvalue weighted by Gasteiger charge is 2.24. The number of aromatic nitrogens is 1.